The molecule has 3 aromatic rings. The van der Waals surface area contributed by atoms with Crippen LogP contribution in [0.1, 0.15) is 24.2 Å². The number of hydrogen-bond donors (Lipinski definition) is 2. The molecule has 0 saturated heterocycles. The van der Waals surface area contributed by atoms with Gasteiger partial charge in [0.15, 0.2) is 11.0 Å². The number of rotatable bonds is 7. The van der Waals surface area contributed by atoms with Gasteiger partial charge in [0, 0.05) is 23.4 Å². The standard InChI is InChI=1S/C20H21N5O2S/c1-3-25-18(15-7-5-4-6-8-15)23-24-20(25)28-13(2)19(27)22-16-11-9-14(10-12-16)17(21)26/h4-13H,3H2,1-2H3,(H2,21,26)(H,22,27). The maximum atomic E-state index is 12.5. The molecule has 8 heteroatoms. The molecule has 1 unspecified atom stereocenters. The summed E-state index contributed by atoms with van der Waals surface area (Å²) in [6, 6.07) is 16.3. The molecule has 2 aromatic carbocycles. The van der Waals surface area contributed by atoms with Crippen LogP contribution in [0, 0.1) is 0 Å². The highest BCUT2D eigenvalue weighted by molar-refractivity contribution is 8.00. The number of hydrogen-bond acceptors (Lipinski definition) is 5. The van der Waals surface area contributed by atoms with Gasteiger partial charge in [-0.2, -0.15) is 0 Å². The molecule has 0 spiro atoms. The summed E-state index contributed by atoms with van der Waals surface area (Å²) >= 11 is 1.35. The number of anilines is 1. The Labute approximate surface area is 167 Å². The van der Waals surface area contributed by atoms with E-state index in [1.54, 1.807) is 24.3 Å². The molecule has 0 aliphatic heterocycles. The van der Waals surface area contributed by atoms with Crippen LogP contribution in [0.2, 0.25) is 0 Å². The molecule has 1 atom stereocenters. The number of aromatic nitrogens is 3. The molecule has 2 amide bonds. The Morgan fingerprint density at radius 1 is 1.11 bits per heavy atom. The van der Waals surface area contributed by atoms with Crippen molar-refractivity contribution < 1.29 is 9.59 Å². The van der Waals surface area contributed by atoms with Crippen LogP contribution in [0.25, 0.3) is 11.4 Å². The Kier molecular flexibility index (Phi) is 6.10. The van der Waals surface area contributed by atoms with E-state index in [0.717, 1.165) is 11.4 Å². The second-order valence-electron chi connectivity index (χ2n) is 6.11. The maximum absolute atomic E-state index is 12.5. The highest BCUT2D eigenvalue weighted by Crippen LogP contribution is 2.27. The number of nitrogens with zero attached hydrogens (tertiary/aromatic N) is 3. The summed E-state index contributed by atoms with van der Waals surface area (Å²) in [6.45, 7) is 4.53. The van der Waals surface area contributed by atoms with Gasteiger partial charge >= 0.3 is 0 Å². The molecule has 0 fully saturated rings. The fraction of sp³-hybridized carbons (Fsp3) is 0.200. The number of nitrogens with two attached hydrogens (primary N) is 1. The monoisotopic (exact) mass is 395 g/mol. The summed E-state index contributed by atoms with van der Waals surface area (Å²) in [5.41, 5.74) is 7.20. The Balaban J connectivity index is 1.70. The number of nitrogens with one attached hydrogen (secondary N) is 1. The average Bonchev–Trinajstić information content (AvgIpc) is 3.11. The Hall–Kier alpha value is -3.13. The first-order chi connectivity index (χ1) is 13.5. The first kappa shape index (κ1) is 19.6. The quantitative estimate of drug-likeness (QED) is 0.598. The summed E-state index contributed by atoms with van der Waals surface area (Å²) < 4.78 is 1.99. The van der Waals surface area contributed by atoms with Gasteiger partial charge in [-0.1, -0.05) is 42.1 Å². The van der Waals surface area contributed by atoms with E-state index in [-0.39, 0.29) is 11.2 Å². The molecule has 144 valence electrons. The molecule has 3 rings (SSSR count). The predicted molar refractivity (Wildman–Crippen MR) is 110 cm³/mol. The smallest absolute Gasteiger partial charge is 0.248 e. The van der Waals surface area contributed by atoms with Crippen LogP contribution >= 0.6 is 11.8 Å². The van der Waals surface area contributed by atoms with Gasteiger partial charge in [-0.15, -0.1) is 10.2 Å². The second kappa shape index (κ2) is 8.71. The number of carbonyl (C=O) groups excluding carboxylic acids is 2. The van der Waals surface area contributed by atoms with Crippen molar-refractivity contribution >= 4 is 29.3 Å². The molecule has 3 N–H and O–H groups in total. The van der Waals surface area contributed by atoms with Crippen LogP contribution in [0.5, 0.6) is 0 Å². The van der Waals surface area contributed by atoms with E-state index >= 15 is 0 Å². The van der Waals surface area contributed by atoms with Gasteiger partial charge in [0.1, 0.15) is 0 Å². The van der Waals surface area contributed by atoms with Gasteiger partial charge in [-0.25, -0.2) is 0 Å². The molecule has 0 aliphatic carbocycles. The fourth-order valence-corrected chi connectivity index (χ4v) is 3.55. The van der Waals surface area contributed by atoms with Crippen LogP contribution in [-0.4, -0.2) is 31.8 Å². The number of thioether (sulfide) groups is 1. The van der Waals surface area contributed by atoms with E-state index in [0.29, 0.717) is 23.0 Å². The minimum Gasteiger partial charge on any atom is -0.366 e. The first-order valence-corrected chi connectivity index (χ1v) is 9.73. The van der Waals surface area contributed by atoms with E-state index in [9.17, 15) is 9.59 Å². The van der Waals surface area contributed by atoms with E-state index in [1.165, 1.54) is 11.8 Å². The lowest BCUT2D eigenvalue weighted by Gasteiger charge is -2.13. The van der Waals surface area contributed by atoms with Crippen LogP contribution in [0.4, 0.5) is 5.69 Å². The Morgan fingerprint density at radius 3 is 2.39 bits per heavy atom. The lowest BCUT2D eigenvalue weighted by Crippen LogP contribution is -2.23. The highest BCUT2D eigenvalue weighted by atomic mass is 32.2. The number of carbonyl (C=O) groups is 2. The van der Waals surface area contributed by atoms with Gasteiger partial charge in [0.2, 0.25) is 11.8 Å². The largest absolute Gasteiger partial charge is 0.366 e. The van der Waals surface area contributed by atoms with Crippen LogP contribution in [0.15, 0.2) is 59.8 Å². The van der Waals surface area contributed by atoms with Gasteiger partial charge in [-0.3, -0.25) is 9.59 Å². The van der Waals surface area contributed by atoms with Crippen molar-refractivity contribution in [2.24, 2.45) is 5.73 Å². The molecule has 1 heterocycles. The van der Waals surface area contributed by atoms with E-state index < -0.39 is 5.91 Å². The van der Waals surface area contributed by atoms with Crippen molar-refractivity contribution in [1.29, 1.82) is 0 Å². The third-order valence-corrected chi connectivity index (χ3v) is 5.23. The Morgan fingerprint density at radius 2 is 1.79 bits per heavy atom. The summed E-state index contributed by atoms with van der Waals surface area (Å²) in [4.78, 5) is 23.7. The molecular weight excluding hydrogens is 374 g/mol. The van der Waals surface area contributed by atoms with Gasteiger partial charge < -0.3 is 15.6 Å². The zero-order valence-electron chi connectivity index (χ0n) is 15.6. The summed E-state index contributed by atoms with van der Waals surface area (Å²) in [7, 11) is 0. The minimum atomic E-state index is -0.505. The number of amides is 2. The average molecular weight is 395 g/mol. The molecule has 0 aliphatic rings. The molecule has 0 saturated carbocycles. The number of benzene rings is 2. The van der Waals surface area contributed by atoms with Crippen LogP contribution in [0.3, 0.4) is 0 Å². The molecule has 0 radical (unpaired) electrons. The van der Waals surface area contributed by atoms with Crippen LogP contribution in [-0.2, 0) is 11.3 Å². The molecule has 0 bridgehead atoms. The van der Waals surface area contributed by atoms with E-state index in [2.05, 4.69) is 15.5 Å². The third kappa shape index (κ3) is 4.40. The fourth-order valence-electron chi connectivity index (χ4n) is 2.64. The second-order valence-corrected chi connectivity index (χ2v) is 7.42. The van der Waals surface area contributed by atoms with Crippen molar-refractivity contribution in [3.8, 4) is 11.4 Å². The summed E-state index contributed by atoms with van der Waals surface area (Å²) in [6.07, 6.45) is 0. The highest BCUT2D eigenvalue weighted by Gasteiger charge is 2.20. The summed E-state index contributed by atoms with van der Waals surface area (Å²) in [5.74, 6) is 0.110. The molecule has 1 aromatic heterocycles. The van der Waals surface area contributed by atoms with Gasteiger partial charge in [0.05, 0.1) is 5.25 Å². The van der Waals surface area contributed by atoms with Crippen LogP contribution < -0.4 is 11.1 Å². The van der Waals surface area contributed by atoms with Crippen molar-refractivity contribution in [3.05, 3.63) is 60.2 Å². The van der Waals surface area contributed by atoms with Crippen molar-refractivity contribution in [2.75, 3.05) is 5.32 Å². The summed E-state index contributed by atoms with van der Waals surface area (Å²) in [5, 5.41) is 11.7. The zero-order chi connectivity index (χ0) is 20.1. The SMILES string of the molecule is CCn1c(SC(C)C(=O)Nc2ccc(C(N)=O)cc2)nnc1-c1ccccc1. The first-order valence-electron chi connectivity index (χ1n) is 8.85. The maximum Gasteiger partial charge on any atom is 0.248 e. The zero-order valence-corrected chi connectivity index (χ0v) is 16.4. The normalized spacial score (nSPS) is 11.8. The lowest BCUT2D eigenvalue weighted by molar-refractivity contribution is -0.115. The molecule has 7 nitrogen and oxygen atoms in total. The van der Waals surface area contributed by atoms with Gasteiger partial charge in [-0.05, 0) is 38.1 Å². The predicted octanol–water partition coefficient (Wildman–Crippen LogP) is 3.18. The van der Waals surface area contributed by atoms with E-state index in [4.69, 9.17) is 5.73 Å². The lowest BCUT2D eigenvalue weighted by atomic mass is 10.2. The molecule has 28 heavy (non-hydrogen) atoms. The van der Waals surface area contributed by atoms with Crippen molar-refractivity contribution in [2.45, 2.75) is 30.8 Å². The van der Waals surface area contributed by atoms with Crippen molar-refractivity contribution in [3.63, 3.8) is 0 Å². The third-order valence-electron chi connectivity index (χ3n) is 4.15. The number of primary amides is 1. The van der Waals surface area contributed by atoms with E-state index in [1.807, 2.05) is 48.7 Å². The topological polar surface area (TPSA) is 103 Å². The molecular formula is C20H21N5O2S. The minimum absolute atomic E-state index is 0.163. The van der Waals surface area contributed by atoms with Crippen molar-refractivity contribution in [1.82, 2.24) is 14.8 Å². The Bertz CT molecular complexity index is 970. The van der Waals surface area contributed by atoms with Gasteiger partial charge in [0.25, 0.3) is 0 Å².